The maximum atomic E-state index is 7.49. The Morgan fingerprint density at radius 1 is 0.741 bits per heavy atom. The maximum Gasteiger partial charge on any atom is 0.318 e. The minimum atomic E-state index is -2.70. The third-order valence-electron chi connectivity index (χ3n) is 11.8. The van der Waals surface area contributed by atoms with Crippen LogP contribution in [0.3, 0.4) is 0 Å². The van der Waals surface area contributed by atoms with E-state index in [-0.39, 0.29) is 11.1 Å². The van der Waals surface area contributed by atoms with Crippen molar-refractivity contribution in [1.82, 2.24) is 24.7 Å². The summed E-state index contributed by atoms with van der Waals surface area (Å²) in [5.74, 6) is 1.91. The molecule has 4 aromatic carbocycles. The number of methoxy groups -OCH3 is 1. The maximum absolute atomic E-state index is 7.49. The molecule has 0 bridgehead atoms. The summed E-state index contributed by atoms with van der Waals surface area (Å²) in [6, 6.07) is 41.9. The molecule has 0 amide bonds. The number of nitrogens with zero attached hydrogens (tertiary/aromatic N) is 6. The molecule has 306 valence electrons. The van der Waals surface area contributed by atoms with Crippen LogP contribution in [0.4, 0.5) is 5.82 Å². The summed E-state index contributed by atoms with van der Waals surface area (Å²) in [5, 5.41) is 2.53. The van der Waals surface area contributed by atoms with Gasteiger partial charge in [-0.2, -0.15) is 9.97 Å². The van der Waals surface area contributed by atoms with E-state index in [9.17, 15) is 0 Å². The summed E-state index contributed by atoms with van der Waals surface area (Å²) in [7, 11) is 3.15. The Balaban J connectivity index is 1.18. The van der Waals surface area contributed by atoms with E-state index in [0.29, 0.717) is 19.2 Å². The van der Waals surface area contributed by atoms with Crippen LogP contribution in [0.15, 0.2) is 115 Å². The molecule has 2 aliphatic heterocycles. The molecule has 5 aromatic rings. The van der Waals surface area contributed by atoms with Crippen LogP contribution in [-0.4, -0.2) is 106 Å². The Morgan fingerprint density at radius 2 is 1.38 bits per heavy atom. The molecule has 9 nitrogen and oxygen atoms in total. The van der Waals surface area contributed by atoms with Crippen LogP contribution in [0.2, 0.25) is 5.04 Å². The first-order chi connectivity index (χ1) is 28.1. The molecule has 1 unspecified atom stereocenters. The van der Waals surface area contributed by atoms with E-state index >= 15 is 0 Å². The molecule has 10 heteroatoms. The smallest absolute Gasteiger partial charge is 0.318 e. The predicted octanol–water partition coefficient (Wildman–Crippen LogP) is 6.64. The number of hydrogen-bond donors (Lipinski definition) is 0. The lowest BCUT2D eigenvalue weighted by molar-refractivity contribution is 0.137. The second kappa shape index (κ2) is 19.0. The van der Waals surface area contributed by atoms with Gasteiger partial charge in [-0.25, -0.2) is 0 Å². The highest BCUT2D eigenvalue weighted by molar-refractivity contribution is 6.99. The highest BCUT2D eigenvalue weighted by Gasteiger charge is 2.50. The summed E-state index contributed by atoms with van der Waals surface area (Å²) >= 11 is 0. The number of ether oxygens (including phenoxy) is 2. The van der Waals surface area contributed by atoms with Crippen molar-refractivity contribution >= 4 is 24.5 Å². The van der Waals surface area contributed by atoms with Crippen molar-refractivity contribution in [2.45, 2.75) is 64.3 Å². The van der Waals surface area contributed by atoms with Gasteiger partial charge in [-0.3, -0.25) is 9.80 Å². The second-order valence-electron chi connectivity index (χ2n) is 17.1. The van der Waals surface area contributed by atoms with Crippen LogP contribution in [0.1, 0.15) is 49.6 Å². The van der Waals surface area contributed by atoms with Gasteiger partial charge in [0.2, 0.25) is 0 Å². The number of hydrogen-bond acceptors (Lipinski definition) is 9. The lowest BCUT2D eigenvalue weighted by Crippen LogP contribution is -2.66. The van der Waals surface area contributed by atoms with Gasteiger partial charge in [0.25, 0.3) is 8.32 Å². The van der Waals surface area contributed by atoms with Crippen LogP contribution in [0.25, 0.3) is 0 Å². The topological polar surface area (TPSA) is 66.4 Å². The molecule has 2 aliphatic rings. The largest absolute Gasteiger partial charge is 0.497 e. The van der Waals surface area contributed by atoms with Crippen molar-refractivity contribution in [1.29, 1.82) is 0 Å². The third-order valence-corrected chi connectivity index (χ3v) is 16.8. The first kappa shape index (κ1) is 41.6. The number of fused-ring (bicyclic) bond motifs is 1. The van der Waals surface area contributed by atoms with Gasteiger partial charge in [0.15, 0.2) is 0 Å². The predicted molar refractivity (Wildman–Crippen MR) is 238 cm³/mol. The lowest BCUT2D eigenvalue weighted by Gasteiger charge is -2.45. The number of likely N-dealkylation sites (N-methyl/N-ethyl adjacent to an activating group) is 1. The summed E-state index contributed by atoms with van der Waals surface area (Å²) in [6.45, 7) is 15.2. The number of aromatic nitrogens is 2. The van der Waals surface area contributed by atoms with Crippen molar-refractivity contribution in [3.8, 4) is 11.8 Å². The molecule has 1 saturated heterocycles. The van der Waals surface area contributed by atoms with E-state index < -0.39 is 8.32 Å². The van der Waals surface area contributed by atoms with Gasteiger partial charge in [-0.1, -0.05) is 124 Å². The summed E-state index contributed by atoms with van der Waals surface area (Å²) in [5.41, 5.74) is 4.94. The van der Waals surface area contributed by atoms with Crippen LogP contribution in [0.5, 0.6) is 11.8 Å². The molecular formula is C48H62N6O3Si. The first-order valence-corrected chi connectivity index (χ1v) is 22.8. The minimum Gasteiger partial charge on any atom is -0.497 e. The normalized spacial score (nSPS) is 16.7. The third kappa shape index (κ3) is 9.81. The van der Waals surface area contributed by atoms with Crippen LogP contribution >= 0.6 is 0 Å². The van der Waals surface area contributed by atoms with E-state index in [4.69, 9.17) is 23.9 Å². The van der Waals surface area contributed by atoms with Crippen molar-refractivity contribution in [3.05, 3.63) is 138 Å². The van der Waals surface area contributed by atoms with Gasteiger partial charge in [0, 0.05) is 70.6 Å². The van der Waals surface area contributed by atoms with Gasteiger partial charge < -0.3 is 23.7 Å². The van der Waals surface area contributed by atoms with E-state index in [1.54, 1.807) is 7.11 Å². The highest BCUT2D eigenvalue weighted by atomic mass is 28.4. The molecule has 0 radical (unpaired) electrons. The van der Waals surface area contributed by atoms with E-state index in [1.807, 2.05) is 0 Å². The van der Waals surface area contributed by atoms with Gasteiger partial charge in [0.1, 0.15) is 18.2 Å². The number of rotatable bonds is 16. The fraction of sp³-hybridized carbons (Fsp3) is 0.417. The van der Waals surface area contributed by atoms with Crippen molar-refractivity contribution in [2.75, 3.05) is 72.0 Å². The molecule has 58 heavy (non-hydrogen) atoms. The van der Waals surface area contributed by atoms with Crippen molar-refractivity contribution in [3.63, 3.8) is 0 Å². The van der Waals surface area contributed by atoms with E-state index in [1.165, 1.54) is 27.1 Å². The Bertz CT molecular complexity index is 1990. The quantitative estimate of drug-likeness (QED) is 0.102. The minimum absolute atomic E-state index is 0.0888. The number of piperazine rings is 1. The Hall–Kier alpha value is -4.58. The Kier molecular flexibility index (Phi) is 13.6. The lowest BCUT2D eigenvalue weighted by atomic mass is 10.0. The molecule has 0 aliphatic carbocycles. The van der Waals surface area contributed by atoms with Crippen LogP contribution in [0, 0.1) is 0 Å². The average Bonchev–Trinajstić information content (AvgIpc) is 3.23. The molecule has 3 heterocycles. The monoisotopic (exact) mass is 798 g/mol. The molecule has 7 rings (SSSR count). The molecule has 1 atom stereocenters. The average molecular weight is 799 g/mol. The van der Waals surface area contributed by atoms with Crippen LogP contribution < -0.4 is 24.7 Å². The number of benzene rings is 4. The Labute approximate surface area is 347 Å². The zero-order valence-electron chi connectivity index (χ0n) is 35.4. The highest BCUT2D eigenvalue weighted by Crippen LogP contribution is 2.37. The van der Waals surface area contributed by atoms with Gasteiger partial charge >= 0.3 is 6.01 Å². The standard InChI is InChI=1S/C48H62N6O3Si/c1-48(2,3)58(42-18-12-8-13-19-42,43-20-14-9-15-21-43)57-32-27-40-36-54(30-29-53(40)35-39-22-24-41(55-6)25-23-39)46-44-26-28-52(34-38-16-10-7-11-17-38)37-45(44)49-47(50-46)56-33-31-51(4)5/h7-25,40H,26-37H2,1-6H3. The molecule has 0 saturated carbocycles. The van der Waals surface area contributed by atoms with Gasteiger partial charge in [-0.05, 0) is 65.6 Å². The summed E-state index contributed by atoms with van der Waals surface area (Å²) in [6.07, 6.45) is 1.80. The number of anilines is 1. The van der Waals surface area contributed by atoms with E-state index in [2.05, 4.69) is 170 Å². The molecule has 0 spiro atoms. The molecule has 1 aromatic heterocycles. The second-order valence-corrected chi connectivity index (χ2v) is 21.4. The van der Waals surface area contributed by atoms with Gasteiger partial charge in [0.05, 0.1) is 12.8 Å². The fourth-order valence-corrected chi connectivity index (χ4v) is 13.3. The fourth-order valence-electron chi connectivity index (χ4n) is 8.71. The van der Waals surface area contributed by atoms with Crippen molar-refractivity contribution < 1.29 is 13.9 Å². The zero-order chi connectivity index (χ0) is 40.5. The van der Waals surface area contributed by atoms with Crippen molar-refractivity contribution in [2.24, 2.45) is 0 Å². The SMILES string of the molecule is COc1ccc(CN2CCN(c3nc(OCCN(C)C)nc4c3CCN(Cc3ccccc3)C4)CC2CCO[Si](c2ccccc2)(c2ccccc2)C(C)(C)C)cc1. The summed E-state index contributed by atoms with van der Waals surface area (Å²) < 4.78 is 19.3. The molecule has 0 N–H and O–H groups in total. The first-order valence-electron chi connectivity index (χ1n) is 20.9. The zero-order valence-corrected chi connectivity index (χ0v) is 36.4. The van der Waals surface area contributed by atoms with Gasteiger partial charge in [-0.15, -0.1) is 0 Å². The van der Waals surface area contributed by atoms with Crippen LogP contribution in [-0.2, 0) is 30.5 Å². The van der Waals surface area contributed by atoms with E-state index in [0.717, 1.165) is 82.5 Å². The molecular weight excluding hydrogens is 737 g/mol. The molecule has 1 fully saturated rings. The summed E-state index contributed by atoms with van der Waals surface area (Å²) in [4.78, 5) is 20.1. The Morgan fingerprint density at radius 3 is 2.00 bits per heavy atom.